The lowest BCUT2D eigenvalue weighted by Crippen LogP contribution is -2.54. The van der Waals surface area contributed by atoms with Crippen LogP contribution in [-0.2, 0) is 4.79 Å². The molecule has 7 heteroatoms. The van der Waals surface area contributed by atoms with Crippen LogP contribution in [0.4, 0.5) is 4.79 Å². The van der Waals surface area contributed by atoms with Gasteiger partial charge in [-0.3, -0.25) is 4.90 Å². The van der Waals surface area contributed by atoms with Crippen LogP contribution in [0, 0.1) is 0 Å². The van der Waals surface area contributed by atoms with Gasteiger partial charge in [-0.1, -0.05) is 13.3 Å². The summed E-state index contributed by atoms with van der Waals surface area (Å²) in [6, 6.07) is -1.00. The van der Waals surface area contributed by atoms with Gasteiger partial charge in [-0.25, -0.2) is 9.59 Å². The Balaban J connectivity index is 2.73. The molecule has 0 aliphatic carbocycles. The van der Waals surface area contributed by atoms with E-state index in [-0.39, 0.29) is 16.9 Å². The molecule has 1 rings (SSSR count). The smallest absolute Gasteiger partial charge is 0.327 e. The van der Waals surface area contributed by atoms with Crippen LogP contribution in [0.15, 0.2) is 0 Å². The van der Waals surface area contributed by atoms with E-state index in [0.717, 1.165) is 12.8 Å². The molecule has 6 nitrogen and oxygen atoms in total. The molecule has 1 aliphatic heterocycles. The molecule has 122 valence electrons. The summed E-state index contributed by atoms with van der Waals surface area (Å²) in [6.45, 7) is 6.58. The van der Waals surface area contributed by atoms with Gasteiger partial charge in [0.1, 0.15) is 6.04 Å². The molecule has 1 fully saturated rings. The highest BCUT2D eigenvalue weighted by atomic mass is 32.2. The van der Waals surface area contributed by atoms with E-state index in [4.69, 9.17) is 0 Å². The molecular weight excluding hydrogens is 290 g/mol. The van der Waals surface area contributed by atoms with Crippen molar-refractivity contribution in [1.29, 1.82) is 0 Å². The fourth-order valence-corrected chi connectivity index (χ4v) is 3.55. The summed E-state index contributed by atoms with van der Waals surface area (Å²) in [5, 5.41) is 12.1. The first kappa shape index (κ1) is 18.1. The maximum Gasteiger partial charge on any atom is 0.327 e. The number of amides is 2. The highest BCUT2D eigenvalue weighted by Crippen LogP contribution is 2.32. The monoisotopic (exact) mass is 317 g/mol. The number of urea groups is 1. The Hall–Kier alpha value is -0.950. The Bertz CT molecular complexity index is 388. The van der Waals surface area contributed by atoms with Crippen molar-refractivity contribution >= 4 is 23.8 Å². The van der Waals surface area contributed by atoms with Crippen LogP contribution in [0.25, 0.3) is 0 Å². The average Bonchev–Trinajstić information content (AvgIpc) is 2.80. The van der Waals surface area contributed by atoms with Crippen LogP contribution in [0.5, 0.6) is 0 Å². The van der Waals surface area contributed by atoms with Gasteiger partial charge < -0.3 is 15.3 Å². The highest BCUT2D eigenvalue weighted by Gasteiger charge is 2.41. The first-order chi connectivity index (χ1) is 9.70. The molecule has 0 spiro atoms. The average molecular weight is 317 g/mol. The topological polar surface area (TPSA) is 72.9 Å². The van der Waals surface area contributed by atoms with Crippen molar-refractivity contribution in [2.75, 3.05) is 26.4 Å². The van der Waals surface area contributed by atoms with Crippen molar-refractivity contribution in [3.63, 3.8) is 0 Å². The third-order valence-corrected chi connectivity index (χ3v) is 5.39. The first-order valence-corrected chi connectivity index (χ1v) is 8.33. The summed E-state index contributed by atoms with van der Waals surface area (Å²) in [6.07, 6.45) is 1.75. The van der Waals surface area contributed by atoms with Crippen LogP contribution < -0.4 is 5.32 Å². The predicted octanol–water partition coefficient (Wildman–Crippen LogP) is 1.66. The number of hydrogen-bond donors (Lipinski definition) is 2. The molecule has 2 amide bonds. The largest absolute Gasteiger partial charge is 0.480 e. The van der Waals surface area contributed by atoms with Crippen LogP contribution in [0.2, 0.25) is 0 Å². The summed E-state index contributed by atoms with van der Waals surface area (Å²) in [5.41, 5.74) is -0.179. The Morgan fingerprint density at radius 3 is 2.52 bits per heavy atom. The number of rotatable bonds is 6. The lowest BCUT2D eigenvalue weighted by Gasteiger charge is -2.34. The van der Waals surface area contributed by atoms with Crippen molar-refractivity contribution in [3.05, 3.63) is 0 Å². The van der Waals surface area contributed by atoms with Gasteiger partial charge in [0.2, 0.25) is 0 Å². The van der Waals surface area contributed by atoms with Gasteiger partial charge in [0.15, 0.2) is 0 Å². The molecule has 0 radical (unpaired) electrons. The zero-order valence-corrected chi connectivity index (χ0v) is 14.4. The van der Waals surface area contributed by atoms with Crippen LogP contribution >= 0.6 is 11.8 Å². The number of carboxylic acids is 1. The number of likely N-dealkylation sites (N-methyl/N-ethyl adjacent to an activating group) is 1. The molecular formula is C14H27N3O3S. The van der Waals surface area contributed by atoms with E-state index in [9.17, 15) is 14.7 Å². The number of carbonyl (C=O) groups excluding carboxylic acids is 1. The van der Waals surface area contributed by atoms with Gasteiger partial charge in [0, 0.05) is 17.8 Å². The molecule has 2 N–H and O–H groups in total. The van der Waals surface area contributed by atoms with Gasteiger partial charge in [0.25, 0.3) is 0 Å². The minimum atomic E-state index is -0.928. The first-order valence-electron chi connectivity index (χ1n) is 7.28. The van der Waals surface area contributed by atoms with E-state index in [1.54, 1.807) is 11.8 Å². The Labute approximate surface area is 131 Å². The second-order valence-corrected chi connectivity index (χ2v) is 7.41. The van der Waals surface area contributed by atoms with Crippen LogP contribution in [0.1, 0.15) is 33.6 Å². The zero-order chi connectivity index (χ0) is 16.2. The fraction of sp³-hybridized carbons (Fsp3) is 0.857. The molecule has 2 atom stereocenters. The highest BCUT2D eigenvalue weighted by molar-refractivity contribution is 8.00. The van der Waals surface area contributed by atoms with Crippen LogP contribution in [0.3, 0.4) is 0 Å². The molecule has 0 aromatic heterocycles. The standard InChI is InChI=1S/C14H27N3O3S/c1-6-7-11-17(10(8-21-11)12(18)19)13(20)15-9-14(2,3)16(4)5/h10-11H,6-9H2,1-5H3,(H,15,20)(H,18,19). The van der Waals surface area contributed by atoms with Crippen molar-refractivity contribution in [1.82, 2.24) is 15.1 Å². The van der Waals surface area contributed by atoms with E-state index < -0.39 is 12.0 Å². The molecule has 0 bridgehead atoms. The molecule has 1 aliphatic rings. The van der Waals surface area contributed by atoms with Gasteiger partial charge in [0.05, 0.1) is 5.37 Å². The van der Waals surface area contributed by atoms with Crippen LogP contribution in [-0.4, -0.2) is 70.3 Å². The van der Waals surface area contributed by atoms with E-state index >= 15 is 0 Å². The lowest BCUT2D eigenvalue weighted by molar-refractivity contribution is -0.141. The minimum absolute atomic E-state index is 0.0430. The van der Waals surface area contributed by atoms with E-state index in [2.05, 4.69) is 5.32 Å². The Morgan fingerprint density at radius 1 is 1.43 bits per heavy atom. The zero-order valence-electron chi connectivity index (χ0n) is 13.5. The number of aliphatic carboxylic acids is 1. The molecule has 1 saturated heterocycles. The summed E-state index contributed by atoms with van der Waals surface area (Å²) < 4.78 is 0. The number of nitrogens with one attached hydrogen (secondary N) is 1. The maximum absolute atomic E-state index is 12.4. The van der Waals surface area contributed by atoms with Crippen molar-refractivity contribution in [2.45, 2.75) is 50.6 Å². The maximum atomic E-state index is 12.4. The molecule has 21 heavy (non-hydrogen) atoms. The second-order valence-electron chi connectivity index (χ2n) is 6.20. The number of hydrogen-bond acceptors (Lipinski definition) is 4. The van der Waals surface area contributed by atoms with E-state index in [0.29, 0.717) is 12.3 Å². The van der Waals surface area contributed by atoms with Crippen molar-refractivity contribution in [2.24, 2.45) is 0 Å². The number of thioether (sulfide) groups is 1. The normalized spacial score (nSPS) is 22.7. The molecule has 2 unspecified atom stereocenters. The molecule has 0 saturated carbocycles. The molecule has 0 aromatic rings. The Kier molecular flexibility index (Phi) is 6.34. The van der Waals surface area contributed by atoms with Gasteiger partial charge in [-0.2, -0.15) is 0 Å². The lowest BCUT2D eigenvalue weighted by atomic mass is 10.0. The third kappa shape index (κ3) is 4.51. The number of nitrogens with zero attached hydrogens (tertiary/aromatic N) is 2. The van der Waals surface area contributed by atoms with Crippen molar-refractivity contribution in [3.8, 4) is 0 Å². The predicted molar refractivity (Wildman–Crippen MR) is 85.6 cm³/mol. The quantitative estimate of drug-likeness (QED) is 0.779. The number of carbonyl (C=O) groups is 2. The fourth-order valence-electron chi connectivity index (χ4n) is 2.04. The van der Waals surface area contributed by atoms with E-state index in [1.165, 1.54) is 4.90 Å². The second kappa shape index (κ2) is 7.35. The third-order valence-electron chi connectivity index (χ3n) is 4.03. The summed E-state index contributed by atoms with van der Waals surface area (Å²) in [4.78, 5) is 27.3. The molecule has 1 heterocycles. The van der Waals surface area contributed by atoms with Gasteiger partial charge >= 0.3 is 12.0 Å². The summed E-state index contributed by atoms with van der Waals surface area (Å²) >= 11 is 1.55. The molecule has 0 aromatic carbocycles. The van der Waals surface area contributed by atoms with Gasteiger partial charge in [-0.15, -0.1) is 11.8 Å². The summed E-state index contributed by atoms with van der Waals surface area (Å²) in [7, 11) is 3.91. The summed E-state index contributed by atoms with van der Waals surface area (Å²) in [5.74, 6) is -0.465. The van der Waals surface area contributed by atoms with Crippen molar-refractivity contribution < 1.29 is 14.7 Å². The van der Waals surface area contributed by atoms with E-state index in [1.807, 2.05) is 39.8 Å². The Morgan fingerprint density at radius 2 is 2.05 bits per heavy atom. The minimum Gasteiger partial charge on any atom is -0.480 e. The van der Waals surface area contributed by atoms with Gasteiger partial charge in [-0.05, 0) is 34.4 Å². The SMILES string of the molecule is CCCC1SCC(C(=O)O)N1C(=O)NCC(C)(C)N(C)C. The number of carboxylic acid groups (broad SMARTS) is 1.